The lowest BCUT2D eigenvalue weighted by atomic mass is 10.00. The van der Waals surface area contributed by atoms with E-state index >= 15 is 0 Å². The molecule has 0 aliphatic carbocycles. The summed E-state index contributed by atoms with van der Waals surface area (Å²) in [5.41, 5.74) is 0. The number of phosphoric acid groups is 2. The van der Waals surface area contributed by atoms with Crippen molar-refractivity contribution in [2.24, 2.45) is 11.8 Å². The van der Waals surface area contributed by atoms with Crippen LogP contribution in [0.5, 0.6) is 0 Å². The SMILES string of the molecule is CCCCCCCCCCCC(=O)OC[C@H](COP(=O)(O)OC[C@H](O)COP(=O)(O)OC[C@@H](COC(=O)CCCCCCCCC(C)CC)OC(=O)CCCCCCCCCCCCCCCCC(C)C)OC(=O)CCCCCCCCCCC. The molecule has 0 aromatic rings. The monoisotopic (exact) mass is 1250 g/mol. The molecule has 6 atom stereocenters. The van der Waals surface area contributed by atoms with Crippen LogP contribution < -0.4 is 0 Å². The second-order valence-corrected chi connectivity index (χ2v) is 27.5. The summed E-state index contributed by atoms with van der Waals surface area (Å²) in [6.07, 6.45) is 41.7. The third kappa shape index (κ3) is 59.5. The molecular formula is C66H128O17P2. The van der Waals surface area contributed by atoms with Crippen molar-refractivity contribution in [2.75, 3.05) is 39.6 Å². The zero-order valence-corrected chi connectivity index (χ0v) is 56.7. The predicted molar refractivity (Wildman–Crippen MR) is 340 cm³/mol. The smallest absolute Gasteiger partial charge is 0.462 e. The normalized spacial score (nSPS) is 14.6. The molecule has 0 aliphatic rings. The largest absolute Gasteiger partial charge is 0.472 e. The predicted octanol–water partition coefficient (Wildman–Crippen LogP) is 18.4. The first-order valence-electron chi connectivity index (χ1n) is 34.5. The highest BCUT2D eigenvalue weighted by molar-refractivity contribution is 7.47. The van der Waals surface area contributed by atoms with Gasteiger partial charge in [0.25, 0.3) is 0 Å². The van der Waals surface area contributed by atoms with Crippen LogP contribution in [0.1, 0.15) is 330 Å². The molecule has 0 spiro atoms. The number of hydrogen-bond acceptors (Lipinski definition) is 15. The molecule has 3 unspecified atom stereocenters. The van der Waals surface area contributed by atoms with Crippen molar-refractivity contribution < 1.29 is 80.2 Å². The Balaban J connectivity index is 5.20. The van der Waals surface area contributed by atoms with E-state index in [1.165, 1.54) is 141 Å². The van der Waals surface area contributed by atoms with Gasteiger partial charge in [-0.1, -0.05) is 279 Å². The van der Waals surface area contributed by atoms with E-state index in [4.69, 9.17) is 37.0 Å². The lowest BCUT2D eigenvalue weighted by Crippen LogP contribution is -2.30. The molecule has 0 aromatic carbocycles. The Morgan fingerprint density at radius 3 is 0.894 bits per heavy atom. The molecule has 0 saturated heterocycles. The number of phosphoric ester groups is 2. The van der Waals surface area contributed by atoms with Crippen LogP contribution in [-0.4, -0.2) is 96.7 Å². The summed E-state index contributed by atoms with van der Waals surface area (Å²) in [7, 11) is -9.89. The highest BCUT2D eigenvalue weighted by atomic mass is 31.2. The van der Waals surface area contributed by atoms with Gasteiger partial charge in [-0.15, -0.1) is 0 Å². The van der Waals surface area contributed by atoms with E-state index in [0.29, 0.717) is 25.7 Å². The molecular weight excluding hydrogens is 1130 g/mol. The van der Waals surface area contributed by atoms with Crippen molar-refractivity contribution in [3.8, 4) is 0 Å². The molecule has 17 nitrogen and oxygen atoms in total. The highest BCUT2D eigenvalue weighted by Crippen LogP contribution is 2.45. The van der Waals surface area contributed by atoms with Crippen LogP contribution in [-0.2, 0) is 65.4 Å². The second-order valence-electron chi connectivity index (χ2n) is 24.6. The molecule has 19 heteroatoms. The van der Waals surface area contributed by atoms with E-state index in [0.717, 1.165) is 108 Å². The van der Waals surface area contributed by atoms with Crippen LogP contribution in [0.2, 0.25) is 0 Å². The molecule has 0 amide bonds. The van der Waals surface area contributed by atoms with Crippen molar-refractivity contribution in [3.05, 3.63) is 0 Å². The number of carbonyl (C=O) groups excluding carboxylic acids is 4. The third-order valence-electron chi connectivity index (χ3n) is 15.6. The minimum atomic E-state index is -4.95. The number of aliphatic hydroxyl groups is 1. The van der Waals surface area contributed by atoms with E-state index in [2.05, 4.69) is 41.5 Å². The molecule has 0 fully saturated rings. The van der Waals surface area contributed by atoms with Gasteiger partial charge in [0.05, 0.1) is 26.4 Å². The van der Waals surface area contributed by atoms with Gasteiger partial charge in [0, 0.05) is 25.7 Å². The van der Waals surface area contributed by atoms with Crippen LogP contribution in [0.4, 0.5) is 0 Å². The van der Waals surface area contributed by atoms with E-state index in [1.807, 2.05) is 0 Å². The third-order valence-corrected chi connectivity index (χ3v) is 17.5. The number of rotatable bonds is 65. The summed E-state index contributed by atoms with van der Waals surface area (Å²) in [5, 5.41) is 10.5. The Kier molecular flexibility index (Phi) is 57.1. The molecule has 85 heavy (non-hydrogen) atoms. The number of ether oxygens (including phenoxy) is 4. The summed E-state index contributed by atoms with van der Waals surface area (Å²) < 4.78 is 68.0. The minimum absolute atomic E-state index is 0.105. The lowest BCUT2D eigenvalue weighted by Gasteiger charge is -2.21. The van der Waals surface area contributed by atoms with E-state index in [-0.39, 0.29) is 25.7 Å². The molecule has 0 aromatic heterocycles. The van der Waals surface area contributed by atoms with E-state index < -0.39 is 97.5 Å². The van der Waals surface area contributed by atoms with Crippen molar-refractivity contribution in [3.63, 3.8) is 0 Å². The van der Waals surface area contributed by atoms with Gasteiger partial charge < -0.3 is 33.8 Å². The van der Waals surface area contributed by atoms with Gasteiger partial charge in [-0.05, 0) is 37.5 Å². The molecule has 0 aliphatic heterocycles. The number of unbranched alkanes of at least 4 members (excludes halogenated alkanes) is 34. The van der Waals surface area contributed by atoms with E-state index in [9.17, 15) is 43.2 Å². The van der Waals surface area contributed by atoms with Gasteiger partial charge in [-0.2, -0.15) is 0 Å². The van der Waals surface area contributed by atoms with Crippen molar-refractivity contribution in [1.82, 2.24) is 0 Å². The quantitative estimate of drug-likeness (QED) is 0.0222. The zero-order chi connectivity index (χ0) is 62.9. The van der Waals surface area contributed by atoms with Crippen LogP contribution in [0.15, 0.2) is 0 Å². The van der Waals surface area contributed by atoms with Gasteiger partial charge in [0.15, 0.2) is 12.2 Å². The first kappa shape index (κ1) is 83.1. The maximum atomic E-state index is 13.0. The fourth-order valence-electron chi connectivity index (χ4n) is 9.85. The van der Waals surface area contributed by atoms with Crippen molar-refractivity contribution in [2.45, 2.75) is 349 Å². The average Bonchev–Trinajstić information content (AvgIpc) is 3.61. The van der Waals surface area contributed by atoms with Gasteiger partial charge >= 0.3 is 39.5 Å². The summed E-state index contributed by atoms with van der Waals surface area (Å²) in [6.45, 7) is 9.46. The lowest BCUT2D eigenvalue weighted by molar-refractivity contribution is -0.161. The van der Waals surface area contributed by atoms with Crippen LogP contribution in [0.3, 0.4) is 0 Å². The number of hydrogen-bond donors (Lipinski definition) is 3. The Labute approximate surface area is 517 Å². The standard InChI is InChI=1S/C66H128O17P2/c1-7-10-12-14-16-24-29-36-42-48-63(68)76-54-61(82-65(70)50-44-38-30-25-17-15-13-11-8-2)56-80-84(72,73)78-52-60(67)53-79-85(74,75)81-57-62(55-77-64(69)49-43-37-33-32-35-41-47-59(6)9-3)83-66(71)51-45-39-31-27-23-21-19-18-20-22-26-28-34-40-46-58(4)5/h58-62,67H,7-57H2,1-6H3,(H,72,73)(H,74,75)/t59?,60-,61+,62+/m0/s1. The molecule has 0 saturated carbocycles. The Morgan fingerprint density at radius 1 is 0.341 bits per heavy atom. The maximum Gasteiger partial charge on any atom is 0.472 e. The minimum Gasteiger partial charge on any atom is -0.462 e. The van der Waals surface area contributed by atoms with Gasteiger partial charge in [-0.25, -0.2) is 9.13 Å². The van der Waals surface area contributed by atoms with E-state index in [1.54, 1.807) is 0 Å². The highest BCUT2D eigenvalue weighted by Gasteiger charge is 2.30. The van der Waals surface area contributed by atoms with Crippen LogP contribution >= 0.6 is 15.6 Å². The fraction of sp³-hybridized carbons (Fsp3) is 0.939. The topological polar surface area (TPSA) is 237 Å². The number of carbonyl (C=O) groups is 4. The summed E-state index contributed by atoms with van der Waals surface area (Å²) in [5.74, 6) is -0.607. The van der Waals surface area contributed by atoms with Gasteiger partial charge in [0.2, 0.25) is 0 Å². The molecule has 0 bridgehead atoms. The Morgan fingerprint density at radius 2 is 0.600 bits per heavy atom. The number of esters is 4. The molecule has 3 N–H and O–H groups in total. The van der Waals surface area contributed by atoms with Gasteiger partial charge in [-0.3, -0.25) is 37.3 Å². The molecule has 0 rings (SSSR count). The van der Waals surface area contributed by atoms with Gasteiger partial charge in [0.1, 0.15) is 19.3 Å². The first-order chi connectivity index (χ1) is 40.9. The summed E-state index contributed by atoms with van der Waals surface area (Å²) in [4.78, 5) is 72.2. The van der Waals surface area contributed by atoms with Crippen molar-refractivity contribution >= 4 is 39.5 Å². The second kappa shape index (κ2) is 58.4. The molecule has 504 valence electrons. The average molecular weight is 1260 g/mol. The maximum absolute atomic E-state index is 13.0. The van der Waals surface area contributed by atoms with Crippen molar-refractivity contribution in [1.29, 1.82) is 0 Å². The molecule has 0 heterocycles. The first-order valence-corrected chi connectivity index (χ1v) is 37.5. The Bertz CT molecular complexity index is 1670. The Hall–Kier alpha value is -1.94. The summed E-state index contributed by atoms with van der Waals surface area (Å²) in [6, 6.07) is 0. The zero-order valence-electron chi connectivity index (χ0n) is 54.9. The fourth-order valence-corrected chi connectivity index (χ4v) is 11.4. The summed E-state index contributed by atoms with van der Waals surface area (Å²) >= 11 is 0. The van der Waals surface area contributed by atoms with Crippen LogP contribution in [0.25, 0.3) is 0 Å². The van der Waals surface area contributed by atoms with Crippen LogP contribution in [0, 0.1) is 11.8 Å². The molecule has 0 radical (unpaired) electrons. The number of aliphatic hydroxyl groups excluding tert-OH is 1.